The van der Waals surface area contributed by atoms with Gasteiger partial charge in [-0.05, 0) is 25.7 Å². The number of thiol groups is 1. The Hall–Kier alpha value is 0.170. The summed E-state index contributed by atoms with van der Waals surface area (Å²) in [5.41, 5.74) is 0. The molecule has 1 unspecified atom stereocenters. The second kappa shape index (κ2) is 5.15. The van der Waals surface area contributed by atoms with Gasteiger partial charge in [0.25, 0.3) is 0 Å². The van der Waals surface area contributed by atoms with Gasteiger partial charge in [0.05, 0.1) is 5.25 Å². The van der Waals surface area contributed by atoms with Crippen molar-refractivity contribution in [1.82, 2.24) is 4.90 Å². The van der Waals surface area contributed by atoms with Gasteiger partial charge in [-0.3, -0.25) is 4.79 Å². The highest BCUT2D eigenvalue weighted by Crippen LogP contribution is 2.21. The molecule has 13 heavy (non-hydrogen) atoms. The second-order valence-corrected chi connectivity index (χ2v) is 5.31. The summed E-state index contributed by atoms with van der Waals surface area (Å²) in [4.78, 5) is 13.7. The number of nitrogens with zero attached hydrogens (tertiary/aromatic N) is 1. The van der Waals surface area contributed by atoms with E-state index in [1.54, 1.807) is 0 Å². The molecule has 0 N–H and O–H groups in total. The van der Waals surface area contributed by atoms with Gasteiger partial charge in [0, 0.05) is 13.1 Å². The van der Waals surface area contributed by atoms with Gasteiger partial charge in [-0.25, -0.2) is 0 Å². The molecule has 0 radical (unpaired) electrons. The summed E-state index contributed by atoms with van der Waals surface area (Å²) in [5.74, 6) is 1.02. The zero-order chi connectivity index (χ0) is 9.84. The van der Waals surface area contributed by atoms with E-state index in [1.807, 2.05) is 11.8 Å². The maximum absolute atomic E-state index is 11.7. The molecule has 2 nitrogen and oxygen atoms in total. The Balaban J connectivity index is 2.40. The van der Waals surface area contributed by atoms with E-state index >= 15 is 0 Å². The molecule has 1 aliphatic rings. The van der Waals surface area contributed by atoms with E-state index in [2.05, 4.69) is 18.6 Å². The van der Waals surface area contributed by atoms with Crippen LogP contribution in [0.15, 0.2) is 0 Å². The third kappa shape index (κ3) is 3.09. The van der Waals surface area contributed by atoms with E-state index in [-0.39, 0.29) is 11.2 Å². The maximum atomic E-state index is 11.7. The normalized spacial score (nSPS) is 21.6. The number of piperidine rings is 1. The summed E-state index contributed by atoms with van der Waals surface area (Å²) in [7, 11) is 1.33. The van der Waals surface area contributed by atoms with Crippen LogP contribution in [-0.2, 0) is 4.79 Å². The van der Waals surface area contributed by atoms with Crippen molar-refractivity contribution in [2.75, 3.05) is 13.1 Å². The number of carbonyl (C=O) groups excluding carboxylic acids is 1. The van der Waals surface area contributed by atoms with Crippen molar-refractivity contribution in [3.8, 4) is 0 Å². The van der Waals surface area contributed by atoms with Crippen LogP contribution in [0.4, 0.5) is 0 Å². The molecule has 1 atom stereocenters. The Morgan fingerprint density at radius 2 is 2.08 bits per heavy atom. The molecular formula is C9H17NOS2. The SMILES string of the molecule is CC1CCN(C(=O)C(C)SS)CC1. The molecule has 0 aromatic rings. The van der Waals surface area contributed by atoms with Gasteiger partial charge in [-0.2, -0.15) is 0 Å². The average Bonchev–Trinajstić information content (AvgIpc) is 2.17. The molecule has 76 valence electrons. The second-order valence-electron chi connectivity index (χ2n) is 3.76. The van der Waals surface area contributed by atoms with Crippen molar-refractivity contribution >= 4 is 28.4 Å². The van der Waals surface area contributed by atoms with E-state index in [1.165, 1.54) is 10.8 Å². The Kier molecular flexibility index (Phi) is 4.46. The Labute approximate surface area is 89.3 Å². The van der Waals surface area contributed by atoms with Gasteiger partial charge in [0.15, 0.2) is 0 Å². The number of rotatable bonds is 2. The van der Waals surface area contributed by atoms with E-state index in [4.69, 9.17) is 0 Å². The van der Waals surface area contributed by atoms with Crippen LogP contribution in [0.5, 0.6) is 0 Å². The van der Waals surface area contributed by atoms with Gasteiger partial charge in [-0.1, -0.05) is 17.7 Å². The molecule has 0 aliphatic carbocycles. The molecule has 1 rings (SSSR count). The molecule has 0 bridgehead atoms. The maximum Gasteiger partial charge on any atom is 0.236 e. The van der Waals surface area contributed by atoms with Gasteiger partial charge < -0.3 is 4.90 Å². The van der Waals surface area contributed by atoms with Crippen molar-refractivity contribution < 1.29 is 4.79 Å². The van der Waals surface area contributed by atoms with Gasteiger partial charge in [-0.15, -0.1) is 11.7 Å². The molecule has 0 aromatic carbocycles. The van der Waals surface area contributed by atoms with Crippen molar-refractivity contribution in [1.29, 1.82) is 0 Å². The molecule has 1 heterocycles. The topological polar surface area (TPSA) is 20.3 Å². The smallest absolute Gasteiger partial charge is 0.236 e. The third-order valence-electron chi connectivity index (χ3n) is 2.60. The zero-order valence-corrected chi connectivity index (χ0v) is 9.90. The molecule has 0 saturated carbocycles. The lowest BCUT2D eigenvalue weighted by molar-refractivity contribution is -0.131. The van der Waals surface area contributed by atoms with Crippen molar-refractivity contribution in [2.45, 2.75) is 31.9 Å². The molecule has 1 fully saturated rings. The highest BCUT2D eigenvalue weighted by Gasteiger charge is 2.23. The monoisotopic (exact) mass is 219 g/mol. The van der Waals surface area contributed by atoms with E-state index in [9.17, 15) is 4.79 Å². The predicted molar refractivity (Wildman–Crippen MR) is 61.0 cm³/mol. The first-order valence-electron chi connectivity index (χ1n) is 4.74. The predicted octanol–water partition coefficient (Wildman–Crippen LogP) is 2.21. The standard InChI is InChI=1S/C9H17NOS2/c1-7-3-5-10(6-4-7)9(11)8(2)13-12/h7-8,12H,3-6H2,1-2H3. The first-order valence-corrected chi connectivity index (χ1v) is 6.67. The Bertz CT molecular complexity index is 178. The van der Waals surface area contributed by atoms with Crippen LogP contribution in [-0.4, -0.2) is 29.1 Å². The van der Waals surface area contributed by atoms with Crippen molar-refractivity contribution in [3.63, 3.8) is 0 Å². The minimum Gasteiger partial charge on any atom is -0.342 e. The van der Waals surface area contributed by atoms with Crippen LogP contribution in [0, 0.1) is 5.92 Å². The Morgan fingerprint density at radius 1 is 1.54 bits per heavy atom. The van der Waals surface area contributed by atoms with Crippen LogP contribution in [0.25, 0.3) is 0 Å². The quantitative estimate of drug-likeness (QED) is 0.567. The first kappa shape index (κ1) is 11.2. The average molecular weight is 219 g/mol. The molecule has 1 amide bonds. The molecule has 0 spiro atoms. The lowest BCUT2D eigenvalue weighted by atomic mass is 9.99. The molecule has 1 saturated heterocycles. The fraction of sp³-hybridized carbons (Fsp3) is 0.889. The number of carbonyl (C=O) groups is 1. The summed E-state index contributed by atoms with van der Waals surface area (Å²) in [6.07, 6.45) is 2.30. The number of amides is 1. The fourth-order valence-electron chi connectivity index (χ4n) is 1.53. The van der Waals surface area contributed by atoms with E-state index in [0.29, 0.717) is 0 Å². The van der Waals surface area contributed by atoms with E-state index < -0.39 is 0 Å². The minimum absolute atomic E-state index is 0.00302. The highest BCUT2D eigenvalue weighted by atomic mass is 33.1. The number of hydrogen-bond donors (Lipinski definition) is 1. The lowest BCUT2D eigenvalue weighted by Crippen LogP contribution is -2.41. The summed E-state index contributed by atoms with van der Waals surface area (Å²) in [6.45, 7) is 6.02. The summed E-state index contributed by atoms with van der Waals surface area (Å²) in [5, 5.41) is -0.00302. The van der Waals surface area contributed by atoms with Crippen molar-refractivity contribution in [2.24, 2.45) is 5.92 Å². The van der Waals surface area contributed by atoms with Gasteiger partial charge in [0.2, 0.25) is 5.91 Å². The lowest BCUT2D eigenvalue weighted by Gasteiger charge is -2.31. The van der Waals surface area contributed by atoms with Crippen LogP contribution in [0.2, 0.25) is 0 Å². The zero-order valence-electron chi connectivity index (χ0n) is 8.19. The number of likely N-dealkylation sites (tertiary alicyclic amines) is 1. The van der Waals surface area contributed by atoms with Crippen molar-refractivity contribution in [3.05, 3.63) is 0 Å². The molecular weight excluding hydrogens is 202 g/mol. The highest BCUT2D eigenvalue weighted by molar-refractivity contribution is 8.69. The van der Waals surface area contributed by atoms with Crippen LogP contribution in [0.1, 0.15) is 26.7 Å². The minimum atomic E-state index is -0.00302. The summed E-state index contributed by atoms with van der Waals surface area (Å²) in [6, 6.07) is 0. The fourth-order valence-corrected chi connectivity index (χ4v) is 2.04. The summed E-state index contributed by atoms with van der Waals surface area (Å²) < 4.78 is 0. The first-order chi connectivity index (χ1) is 6.15. The van der Waals surface area contributed by atoms with Gasteiger partial charge >= 0.3 is 0 Å². The molecule has 0 aromatic heterocycles. The Morgan fingerprint density at radius 3 is 2.54 bits per heavy atom. The van der Waals surface area contributed by atoms with Crippen LogP contribution < -0.4 is 0 Å². The third-order valence-corrected chi connectivity index (χ3v) is 4.07. The summed E-state index contributed by atoms with van der Waals surface area (Å²) >= 11 is 4.06. The largest absolute Gasteiger partial charge is 0.342 e. The van der Waals surface area contributed by atoms with Crippen LogP contribution in [0.3, 0.4) is 0 Å². The number of hydrogen-bond acceptors (Lipinski definition) is 3. The molecule has 1 aliphatic heterocycles. The molecule has 4 heteroatoms. The van der Waals surface area contributed by atoms with Gasteiger partial charge in [0.1, 0.15) is 0 Å². The van der Waals surface area contributed by atoms with Crippen LogP contribution >= 0.6 is 22.5 Å². The van der Waals surface area contributed by atoms with E-state index in [0.717, 1.165) is 31.8 Å².